The van der Waals surface area contributed by atoms with Crippen molar-refractivity contribution in [2.75, 3.05) is 25.0 Å². The Hall–Kier alpha value is -1.09. The number of hydrogen-bond donors (Lipinski definition) is 1. The fraction of sp³-hybridized carbons (Fsp3) is 0.600. The number of hydrogen-bond acceptors (Lipinski definition) is 2. The Bertz CT molecular complexity index is 359. The van der Waals surface area contributed by atoms with Crippen LogP contribution in [0.15, 0.2) is 24.3 Å². The number of rotatable bonds is 7. The Morgan fingerprint density at radius 2 is 2.00 bits per heavy atom. The zero-order valence-electron chi connectivity index (χ0n) is 11.3. The molecule has 1 N–H and O–H groups in total. The molecule has 0 aliphatic heterocycles. The molecule has 1 aromatic rings. The average molecular weight is 250 g/mol. The predicted molar refractivity (Wildman–Crippen MR) is 74.5 cm³/mol. The first-order valence-electron chi connectivity index (χ1n) is 6.90. The molecule has 2 rings (SSSR count). The summed E-state index contributed by atoms with van der Waals surface area (Å²) in [6, 6.07) is 7.31. The van der Waals surface area contributed by atoms with Gasteiger partial charge in [-0.05, 0) is 56.0 Å². The van der Waals surface area contributed by atoms with E-state index in [9.17, 15) is 4.39 Å². The van der Waals surface area contributed by atoms with Gasteiger partial charge >= 0.3 is 0 Å². The molecule has 2 nitrogen and oxygen atoms in total. The van der Waals surface area contributed by atoms with Gasteiger partial charge in [-0.3, -0.25) is 0 Å². The maximum atomic E-state index is 12.9. The van der Waals surface area contributed by atoms with E-state index in [0.29, 0.717) is 6.04 Å². The summed E-state index contributed by atoms with van der Waals surface area (Å²) in [5, 5.41) is 3.63. The number of anilines is 1. The highest BCUT2D eigenvalue weighted by molar-refractivity contribution is 5.45. The van der Waals surface area contributed by atoms with Gasteiger partial charge in [0, 0.05) is 25.3 Å². The Balaban J connectivity index is 1.91. The summed E-state index contributed by atoms with van der Waals surface area (Å²) in [6.45, 7) is 4.27. The molecule has 0 radical (unpaired) electrons. The molecule has 1 aliphatic carbocycles. The molecule has 1 aliphatic rings. The van der Waals surface area contributed by atoms with Crippen LogP contribution in [0.2, 0.25) is 0 Å². The normalized spacial score (nSPS) is 16.6. The summed E-state index contributed by atoms with van der Waals surface area (Å²) in [5.41, 5.74) is 1.08. The van der Waals surface area contributed by atoms with Crippen molar-refractivity contribution >= 4 is 5.69 Å². The van der Waals surface area contributed by atoms with Crippen LogP contribution in [0.25, 0.3) is 0 Å². The Kier molecular flexibility index (Phi) is 4.59. The molecule has 1 unspecified atom stereocenters. The number of benzene rings is 1. The van der Waals surface area contributed by atoms with Crippen LogP contribution in [-0.2, 0) is 0 Å². The monoisotopic (exact) mass is 250 g/mol. The molecule has 0 heterocycles. The van der Waals surface area contributed by atoms with Crippen molar-refractivity contribution < 1.29 is 4.39 Å². The molecule has 0 saturated heterocycles. The van der Waals surface area contributed by atoms with Gasteiger partial charge in [-0.15, -0.1) is 0 Å². The largest absolute Gasteiger partial charge is 0.373 e. The highest BCUT2D eigenvalue weighted by Crippen LogP contribution is 2.33. The van der Waals surface area contributed by atoms with E-state index >= 15 is 0 Å². The molecule has 100 valence electrons. The zero-order chi connectivity index (χ0) is 13.0. The van der Waals surface area contributed by atoms with Gasteiger partial charge in [0.2, 0.25) is 0 Å². The maximum absolute atomic E-state index is 12.9. The van der Waals surface area contributed by atoms with Crippen LogP contribution in [-0.4, -0.2) is 26.2 Å². The van der Waals surface area contributed by atoms with Gasteiger partial charge in [0.15, 0.2) is 0 Å². The first-order valence-corrected chi connectivity index (χ1v) is 6.90. The zero-order valence-corrected chi connectivity index (χ0v) is 11.3. The fourth-order valence-corrected chi connectivity index (χ4v) is 2.30. The smallest absolute Gasteiger partial charge is 0.123 e. The van der Waals surface area contributed by atoms with Crippen LogP contribution in [0.5, 0.6) is 0 Å². The minimum atomic E-state index is -0.171. The first-order chi connectivity index (χ1) is 8.70. The molecular formula is C15H23FN2. The summed E-state index contributed by atoms with van der Waals surface area (Å²) in [5.74, 6) is 0.662. The average Bonchev–Trinajstić information content (AvgIpc) is 3.19. The van der Waals surface area contributed by atoms with Gasteiger partial charge in [0.25, 0.3) is 0 Å². The second-order valence-corrected chi connectivity index (χ2v) is 5.25. The predicted octanol–water partition coefficient (Wildman–Crippen LogP) is 3.04. The van der Waals surface area contributed by atoms with Gasteiger partial charge in [-0.2, -0.15) is 0 Å². The lowest BCUT2D eigenvalue weighted by molar-refractivity contribution is 0.463. The van der Waals surface area contributed by atoms with Gasteiger partial charge in [0.05, 0.1) is 0 Å². The second-order valence-electron chi connectivity index (χ2n) is 5.25. The molecule has 1 atom stereocenters. The van der Waals surface area contributed by atoms with E-state index in [1.54, 1.807) is 0 Å². The summed E-state index contributed by atoms with van der Waals surface area (Å²) < 4.78 is 12.9. The van der Waals surface area contributed by atoms with Gasteiger partial charge in [0.1, 0.15) is 5.82 Å². The lowest BCUT2D eigenvalue weighted by Gasteiger charge is -2.26. The summed E-state index contributed by atoms with van der Waals surface area (Å²) in [4.78, 5) is 2.21. The molecule has 18 heavy (non-hydrogen) atoms. The fourth-order valence-electron chi connectivity index (χ4n) is 2.30. The number of likely N-dealkylation sites (N-methyl/N-ethyl adjacent to an activating group) is 1. The van der Waals surface area contributed by atoms with Crippen LogP contribution in [0, 0.1) is 11.7 Å². The van der Waals surface area contributed by atoms with Crippen molar-refractivity contribution in [3.63, 3.8) is 0 Å². The highest BCUT2D eigenvalue weighted by Gasteiger charge is 2.31. The van der Waals surface area contributed by atoms with Gasteiger partial charge in [-0.25, -0.2) is 4.39 Å². The molecule has 0 bridgehead atoms. The lowest BCUT2D eigenvalue weighted by atomic mass is 10.1. The summed E-state index contributed by atoms with van der Waals surface area (Å²) in [7, 11) is 2.08. The number of nitrogens with zero attached hydrogens (tertiary/aromatic N) is 1. The van der Waals surface area contributed by atoms with Crippen molar-refractivity contribution in [2.45, 2.75) is 32.2 Å². The van der Waals surface area contributed by atoms with Crippen molar-refractivity contribution in [1.29, 1.82) is 0 Å². The van der Waals surface area contributed by atoms with Crippen LogP contribution in [0.3, 0.4) is 0 Å². The number of nitrogens with one attached hydrogen (secondary N) is 1. The third-order valence-electron chi connectivity index (χ3n) is 3.59. The lowest BCUT2D eigenvalue weighted by Crippen LogP contribution is -2.41. The van der Waals surface area contributed by atoms with Crippen LogP contribution < -0.4 is 10.2 Å². The number of halogens is 1. The van der Waals surface area contributed by atoms with E-state index in [0.717, 1.165) is 24.7 Å². The molecule has 1 aromatic carbocycles. The quantitative estimate of drug-likeness (QED) is 0.800. The van der Waals surface area contributed by atoms with E-state index in [-0.39, 0.29) is 5.82 Å². The third-order valence-corrected chi connectivity index (χ3v) is 3.59. The van der Waals surface area contributed by atoms with E-state index < -0.39 is 0 Å². The van der Waals surface area contributed by atoms with Crippen LogP contribution in [0.4, 0.5) is 10.1 Å². The van der Waals surface area contributed by atoms with Crippen molar-refractivity contribution in [2.24, 2.45) is 5.92 Å². The Morgan fingerprint density at radius 1 is 1.33 bits per heavy atom. The molecule has 3 heteroatoms. The third kappa shape index (κ3) is 3.70. The molecule has 0 aromatic heterocycles. The van der Waals surface area contributed by atoms with Crippen molar-refractivity contribution in [3.05, 3.63) is 30.1 Å². The van der Waals surface area contributed by atoms with E-state index in [4.69, 9.17) is 0 Å². The SMILES string of the molecule is CCCNC(CN(C)c1ccc(F)cc1)C1CC1. The summed E-state index contributed by atoms with van der Waals surface area (Å²) in [6.07, 6.45) is 3.86. The molecule has 1 saturated carbocycles. The minimum Gasteiger partial charge on any atom is -0.373 e. The molecule has 0 spiro atoms. The maximum Gasteiger partial charge on any atom is 0.123 e. The minimum absolute atomic E-state index is 0.171. The van der Waals surface area contributed by atoms with Gasteiger partial charge < -0.3 is 10.2 Å². The highest BCUT2D eigenvalue weighted by atomic mass is 19.1. The molecule has 1 fully saturated rings. The first kappa shape index (κ1) is 13.3. The second kappa shape index (κ2) is 6.19. The summed E-state index contributed by atoms with van der Waals surface area (Å²) >= 11 is 0. The molecular weight excluding hydrogens is 227 g/mol. The van der Waals surface area contributed by atoms with E-state index in [1.807, 2.05) is 12.1 Å². The Labute approximate surface area is 109 Å². The molecule has 0 amide bonds. The van der Waals surface area contributed by atoms with Crippen molar-refractivity contribution in [3.8, 4) is 0 Å². The topological polar surface area (TPSA) is 15.3 Å². The standard InChI is InChI=1S/C15H23FN2/c1-3-10-17-15(12-4-5-12)11-18(2)14-8-6-13(16)7-9-14/h6-9,12,15,17H,3-5,10-11H2,1-2H3. The van der Waals surface area contributed by atoms with E-state index in [1.165, 1.54) is 31.4 Å². The Morgan fingerprint density at radius 3 is 2.56 bits per heavy atom. The van der Waals surface area contributed by atoms with E-state index in [2.05, 4.69) is 24.2 Å². The van der Waals surface area contributed by atoms with Crippen LogP contribution in [0.1, 0.15) is 26.2 Å². The van der Waals surface area contributed by atoms with Gasteiger partial charge in [-0.1, -0.05) is 6.92 Å². The van der Waals surface area contributed by atoms with Crippen LogP contribution >= 0.6 is 0 Å². The van der Waals surface area contributed by atoms with Crippen molar-refractivity contribution in [1.82, 2.24) is 5.32 Å².